The molecule has 1 aliphatic heterocycles. The van der Waals surface area contributed by atoms with Crippen LogP contribution in [0.15, 0.2) is 78.0 Å². The Labute approximate surface area is 204 Å². The molecule has 0 saturated carbocycles. The van der Waals surface area contributed by atoms with Crippen molar-refractivity contribution in [2.24, 2.45) is 0 Å². The maximum absolute atomic E-state index is 13.2. The maximum atomic E-state index is 13.2. The molecule has 1 aromatic heterocycles. The number of nitrogens with one attached hydrogen (secondary N) is 1. The first-order valence-electron chi connectivity index (χ1n) is 11.2. The van der Waals surface area contributed by atoms with Crippen molar-refractivity contribution < 1.29 is 17.9 Å². The number of benzene rings is 2. The van der Waals surface area contributed by atoms with Crippen LogP contribution in [0.3, 0.4) is 0 Å². The number of aromatic nitrogens is 1. The van der Waals surface area contributed by atoms with E-state index in [1.807, 2.05) is 30.3 Å². The number of pyridine rings is 1. The van der Waals surface area contributed by atoms with Crippen molar-refractivity contribution >= 4 is 33.4 Å². The zero-order chi connectivity index (χ0) is 23.8. The van der Waals surface area contributed by atoms with E-state index < -0.39 is 10.0 Å². The van der Waals surface area contributed by atoms with Crippen LogP contribution >= 0.6 is 11.8 Å². The lowest BCUT2D eigenvalue weighted by Gasteiger charge is -2.26. The van der Waals surface area contributed by atoms with Gasteiger partial charge in [-0.3, -0.25) is 9.78 Å². The molecule has 4 rings (SSSR count). The van der Waals surface area contributed by atoms with Crippen LogP contribution in [0.25, 0.3) is 0 Å². The number of nitrogens with zero attached hydrogens (tertiary/aromatic N) is 2. The van der Waals surface area contributed by atoms with E-state index in [0.717, 1.165) is 24.8 Å². The third-order valence-corrected chi connectivity index (χ3v) is 8.27. The summed E-state index contributed by atoms with van der Waals surface area (Å²) in [7, 11) is -3.65. The monoisotopic (exact) mass is 497 g/mol. The molecule has 1 amide bonds. The Morgan fingerprint density at radius 1 is 1.03 bits per heavy atom. The first kappa shape index (κ1) is 24.3. The fraction of sp³-hybridized carbons (Fsp3) is 0.280. The van der Waals surface area contributed by atoms with Crippen molar-refractivity contribution in [1.82, 2.24) is 9.29 Å². The Kier molecular flexibility index (Phi) is 8.21. The van der Waals surface area contributed by atoms with Crippen LogP contribution < -0.4 is 10.1 Å². The lowest BCUT2D eigenvalue weighted by molar-refractivity contribution is -0.113. The van der Waals surface area contributed by atoms with E-state index >= 15 is 0 Å². The van der Waals surface area contributed by atoms with Crippen molar-refractivity contribution in [1.29, 1.82) is 0 Å². The van der Waals surface area contributed by atoms with Gasteiger partial charge in [-0.2, -0.15) is 4.31 Å². The summed E-state index contributed by atoms with van der Waals surface area (Å²) in [5.74, 6) is 1.60. The van der Waals surface area contributed by atoms with Gasteiger partial charge >= 0.3 is 0 Å². The molecule has 7 nitrogen and oxygen atoms in total. The standard InChI is InChI=1S/C25H27N3O4S2/c29-25(19-33-18-20-8-7-13-26-17-20)27-23-16-22(34(30,31)28-14-5-2-6-15-28)11-12-24(23)32-21-9-3-1-4-10-21/h1,3-4,7-13,16-17H,2,5-6,14-15,18-19H2,(H,27,29). The summed E-state index contributed by atoms with van der Waals surface area (Å²) >= 11 is 1.46. The smallest absolute Gasteiger partial charge is 0.243 e. The topological polar surface area (TPSA) is 88.6 Å². The molecule has 0 unspecified atom stereocenters. The lowest BCUT2D eigenvalue weighted by atomic mass is 10.2. The number of ether oxygens (including phenoxy) is 1. The molecule has 0 bridgehead atoms. The minimum atomic E-state index is -3.65. The van der Waals surface area contributed by atoms with Crippen LogP contribution in [0.1, 0.15) is 24.8 Å². The molecule has 1 fully saturated rings. The minimum absolute atomic E-state index is 0.146. The van der Waals surface area contributed by atoms with Crippen molar-refractivity contribution in [3.8, 4) is 11.5 Å². The molecular formula is C25H27N3O4S2. The molecule has 2 aromatic carbocycles. The molecule has 178 valence electrons. The van der Waals surface area contributed by atoms with Crippen molar-refractivity contribution in [2.75, 3.05) is 24.2 Å². The van der Waals surface area contributed by atoms with Gasteiger partial charge < -0.3 is 10.1 Å². The molecule has 1 aliphatic rings. The maximum Gasteiger partial charge on any atom is 0.243 e. The zero-order valence-corrected chi connectivity index (χ0v) is 20.4. The molecule has 9 heteroatoms. The van der Waals surface area contributed by atoms with E-state index in [-0.39, 0.29) is 16.6 Å². The van der Waals surface area contributed by atoms with Gasteiger partial charge in [0.05, 0.1) is 16.3 Å². The van der Waals surface area contributed by atoms with E-state index in [4.69, 9.17) is 4.74 Å². The summed E-state index contributed by atoms with van der Waals surface area (Å²) in [5, 5.41) is 2.85. The predicted molar refractivity (Wildman–Crippen MR) is 135 cm³/mol. The Balaban J connectivity index is 1.52. The van der Waals surface area contributed by atoms with Gasteiger partial charge in [0.1, 0.15) is 5.75 Å². The number of para-hydroxylation sites is 1. The zero-order valence-electron chi connectivity index (χ0n) is 18.7. The Bertz CT molecular complexity index is 1200. The van der Waals surface area contributed by atoms with E-state index in [0.29, 0.717) is 36.0 Å². The molecule has 0 aliphatic carbocycles. The van der Waals surface area contributed by atoms with Crippen molar-refractivity contribution in [3.05, 3.63) is 78.6 Å². The summed E-state index contributed by atoms with van der Waals surface area (Å²) in [6, 6.07) is 17.6. The van der Waals surface area contributed by atoms with E-state index in [1.165, 1.54) is 28.2 Å². The Morgan fingerprint density at radius 2 is 1.82 bits per heavy atom. The molecule has 34 heavy (non-hydrogen) atoms. The number of amides is 1. The van der Waals surface area contributed by atoms with Crippen LogP contribution in [0.5, 0.6) is 11.5 Å². The number of hydrogen-bond donors (Lipinski definition) is 1. The number of piperidine rings is 1. The largest absolute Gasteiger partial charge is 0.455 e. The fourth-order valence-corrected chi connectivity index (χ4v) is 5.97. The highest BCUT2D eigenvalue weighted by molar-refractivity contribution is 7.99. The summed E-state index contributed by atoms with van der Waals surface area (Å²) in [4.78, 5) is 16.9. The van der Waals surface area contributed by atoms with Gasteiger partial charge in [-0.05, 0) is 54.8 Å². The quantitative estimate of drug-likeness (QED) is 0.451. The van der Waals surface area contributed by atoms with Gasteiger partial charge in [0.15, 0.2) is 5.75 Å². The van der Waals surface area contributed by atoms with Crippen molar-refractivity contribution in [2.45, 2.75) is 29.9 Å². The molecule has 0 atom stereocenters. The average molecular weight is 498 g/mol. The van der Waals surface area contributed by atoms with Gasteiger partial charge in [0, 0.05) is 31.2 Å². The normalized spacial score (nSPS) is 14.5. The van der Waals surface area contributed by atoms with E-state index in [2.05, 4.69) is 10.3 Å². The lowest BCUT2D eigenvalue weighted by Crippen LogP contribution is -2.35. The van der Waals surface area contributed by atoms with Gasteiger partial charge in [0.2, 0.25) is 15.9 Å². The first-order chi connectivity index (χ1) is 16.5. The molecule has 2 heterocycles. The number of sulfonamides is 1. The van der Waals surface area contributed by atoms with Crippen LogP contribution in [-0.4, -0.2) is 42.5 Å². The van der Waals surface area contributed by atoms with Crippen LogP contribution in [-0.2, 0) is 20.6 Å². The molecular weight excluding hydrogens is 470 g/mol. The molecule has 1 N–H and O–H groups in total. The van der Waals surface area contributed by atoms with Crippen molar-refractivity contribution in [3.63, 3.8) is 0 Å². The van der Waals surface area contributed by atoms with E-state index in [1.54, 1.807) is 30.6 Å². The molecule has 0 spiro atoms. The third-order valence-electron chi connectivity index (χ3n) is 5.37. The highest BCUT2D eigenvalue weighted by atomic mass is 32.2. The SMILES string of the molecule is O=C(CSCc1cccnc1)Nc1cc(S(=O)(=O)N2CCCCC2)ccc1Oc1ccccc1. The van der Waals surface area contributed by atoms with Crippen LogP contribution in [0.2, 0.25) is 0 Å². The second-order valence-electron chi connectivity index (χ2n) is 7.94. The first-order valence-corrected chi connectivity index (χ1v) is 13.8. The van der Waals surface area contributed by atoms with Gasteiger partial charge in [-0.25, -0.2) is 8.42 Å². The number of carbonyl (C=O) groups is 1. The minimum Gasteiger partial charge on any atom is -0.455 e. The fourth-order valence-electron chi connectivity index (χ4n) is 3.66. The highest BCUT2D eigenvalue weighted by Gasteiger charge is 2.27. The van der Waals surface area contributed by atoms with Gasteiger partial charge in [0.25, 0.3) is 0 Å². The number of carbonyl (C=O) groups excluding carboxylic acids is 1. The van der Waals surface area contributed by atoms with Crippen LogP contribution in [0, 0.1) is 0 Å². The Hall–Kier alpha value is -2.88. The Morgan fingerprint density at radius 3 is 2.56 bits per heavy atom. The molecule has 3 aromatic rings. The summed E-state index contributed by atoms with van der Waals surface area (Å²) < 4.78 is 33.8. The predicted octanol–water partition coefficient (Wildman–Crippen LogP) is 4.92. The number of thioether (sulfide) groups is 1. The number of rotatable bonds is 9. The second kappa shape index (κ2) is 11.5. The molecule has 1 saturated heterocycles. The van der Waals surface area contributed by atoms with E-state index in [9.17, 15) is 13.2 Å². The summed E-state index contributed by atoms with van der Waals surface area (Å²) in [6.45, 7) is 1.02. The number of hydrogen-bond acceptors (Lipinski definition) is 6. The van der Waals surface area contributed by atoms with Crippen LogP contribution in [0.4, 0.5) is 5.69 Å². The summed E-state index contributed by atoms with van der Waals surface area (Å²) in [6.07, 6.45) is 6.22. The highest BCUT2D eigenvalue weighted by Crippen LogP contribution is 2.33. The van der Waals surface area contributed by atoms with Gasteiger partial charge in [-0.15, -0.1) is 11.8 Å². The summed E-state index contributed by atoms with van der Waals surface area (Å²) in [5.41, 5.74) is 1.36. The molecule has 0 radical (unpaired) electrons. The third kappa shape index (κ3) is 6.37. The van der Waals surface area contributed by atoms with Gasteiger partial charge in [-0.1, -0.05) is 30.7 Å². The average Bonchev–Trinajstić information content (AvgIpc) is 2.87. The second-order valence-corrected chi connectivity index (χ2v) is 10.9. The number of anilines is 1.